The summed E-state index contributed by atoms with van der Waals surface area (Å²) in [5, 5.41) is 53.2. The van der Waals surface area contributed by atoms with E-state index in [1.807, 2.05) is 6.92 Å². The van der Waals surface area contributed by atoms with Crippen molar-refractivity contribution in [2.75, 3.05) is 13.2 Å². The fourth-order valence-electron chi connectivity index (χ4n) is 5.97. The Labute approximate surface area is 268 Å². The number of aliphatic hydroxyl groups excluding tert-OH is 5. The van der Waals surface area contributed by atoms with Crippen LogP contribution in [0.1, 0.15) is 162 Å². The fourth-order valence-corrected chi connectivity index (χ4v) is 5.97. The minimum absolute atomic E-state index is 0.140. The number of unbranched alkanes of at least 4 members (excludes halogenated alkanes) is 19. The van der Waals surface area contributed by atoms with Gasteiger partial charge in [0.25, 0.3) is 0 Å². The molecule has 0 aromatic carbocycles. The molecule has 0 aromatic rings. The quantitative estimate of drug-likeness (QED) is 0.0580. The largest absolute Gasteiger partial charge is 0.394 e. The molecular weight excluding hydrogens is 562 g/mol. The van der Waals surface area contributed by atoms with Crippen LogP contribution in [0.2, 0.25) is 0 Å². The third-order valence-corrected chi connectivity index (χ3v) is 8.93. The van der Waals surface area contributed by atoms with Crippen molar-refractivity contribution in [3.05, 3.63) is 0 Å². The number of ether oxygens (including phenoxy) is 2. The Hall–Kier alpha value is -0.810. The molecule has 0 saturated carbocycles. The average Bonchev–Trinajstić information content (AvgIpc) is 3.01. The smallest absolute Gasteiger partial charge is 0.220 e. The summed E-state index contributed by atoms with van der Waals surface area (Å²) in [6.07, 6.45) is 19.9. The van der Waals surface area contributed by atoms with Gasteiger partial charge in [-0.15, -0.1) is 0 Å². The Balaban J connectivity index is 2.13. The molecule has 7 atom stereocenters. The van der Waals surface area contributed by atoms with Gasteiger partial charge in [-0.3, -0.25) is 4.79 Å². The van der Waals surface area contributed by atoms with E-state index in [4.69, 9.17) is 9.47 Å². The maximum atomic E-state index is 12.3. The zero-order chi connectivity index (χ0) is 32.4. The summed E-state index contributed by atoms with van der Waals surface area (Å²) in [6.45, 7) is 3.48. The predicted octanol–water partition coefficient (Wildman–Crippen LogP) is 5.66. The van der Waals surface area contributed by atoms with Crippen molar-refractivity contribution in [3.63, 3.8) is 0 Å². The van der Waals surface area contributed by atoms with Crippen LogP contribution in [-0.2, 0) is 14.3 Å². The van der Waals surface area contributed by atoms with E-state index in [1.165, 1.54) is 109 Å². The summed E-state index contributed by atoms with van der Waals surface area (Å²) in [5.74, 6) is -0.197. The predicted molar refractivity (Wildman–Crippen MR) is 175 cm³/mol. The van der Waals surface area contributed by atoms with Gasteiger partial charge in [0.1, 0.15) is 24.4 Å². The summed E-state index contributed by atoms with van der Waals surface area (Å²) in [4.78, 5) is 12.3. The van der Waals surface area contributed by atoms with Gasteiger partial charge >= 0.3 is 0 Å². The van der Waals surface area contributed by atoms with Crippen LogP contribution in [0.4, 0.5) is 0 Å². The summed E-state index contributed by atoms with van der Waals surface area (Å²) in [6, 6.07) is -0.707. The van der Waals surface area contributed by atoms with Gasteiger partial charge in [-0.2, -0.15) is 0 Å². The van der Waals surface area contributed by atoms with Crippen LogP contribution in [0.3, 0.4) is 0 Å². The van der Waals surface area contributed by atoms with Crippen LogP contribution < -0.4 is 5.32 Å². The Bertz CT molecular complexity index is 667. The van der Waals surface area contributed by atoms with Gasteiger partial charge < -0.3 is 40.3 Å². The van der Waals surface area contributed by atoms with Crippen molar-refractivity contribution in [2.45, 2.75) is 204 Å². The van der Waals surface area contributed by atoms with Gasteiger partial charge in [0, 0.05) is 6.42 Å². The SMILES string of the molecule is CCCCCCCCCCCCCCCCCCCCCCC(O)C(COC1OC(CO)C(O)C(O)C1O)NC(=O)CCC. The molecule has 262 valence electrons. The fraction of sp³-hybridized carbons (Fsp3) is 0.971. The van der Waals surface area contributed by atoms with E-state index in [2.05, 4.69) is 12.2 Å². The molecule has 1 aliphatic heterocycles. The van der Waals surface area contributed by atoms with Gasteiger partial charge in [-0.05, 0) is 12.8 Å². The lowest BCUT2D eigenvalue weighted by atomic mass is 9.99. The van der Waals surface area contributed by atoms with E-state index >= 15 is 0 Å². The second-order valence-electron chi connectivity index (χ2n) is 13.0. The maximum Gasteiger partial charge on any atom is 0.220 e. The van der Waals surface area contributed by atoms with Crippen LogP contribution >= 0.6 is 0 Å². The molecule has 6 N–H and O–H groups in total. The van der Waals surface area contributed by atoms with Gasteiger partial charge in [-0.25, -0.2) is 0 Å². The van der Waals surface area contributed by atoms with Crippen LogP contribution in [0.25, 0.3) is 0 Å². The zero-order valence-corrected chi connectivity index (χ0v) is 28.2. The summed E-state index contributed by atoms with van der Waals surface area (Å²) in [5.41, 5.74) is 0. The van der Waals surface area contributed by atoms with Crippen molar-refractivity contribution >= 4 is 5.91 Å². The van der Waals surface area contributed by atoms with E-state index < -0.39 is 49.5 Å². The molecule has 44 heavy (non-hydrogen) atoms. The molecule has 0 radical (unpaired) electrons. The molecule has 7 unspecified atom stereocenters. The monoisotopic (exact) mass is 632 g/mol. The molecule has 0 aliphatic carbocycles. The highest BCUT2D eigenvalue weighted by atomic mass is 16.7. The van der Waals surface area contributed by atoms with Gasteiger partial charge in [-0.1, -0.05) is 142 Å². The minimum Gasteiger partial charge on any atom is -0.394 e. The zero-order valence-electron chi connectivity index (χ0n) is 28.2. The molecule has 1 aliphatic rings. The van der Waals surface area contributed by atoms with E-state index in [9.17, 15) is 30.3 Å². The highest BCUT2D eigenvalue weighted by molar-refractivity contribution is 5.76. The number of rotatable bonds is 29. The third-order valence-electron chi connectivity index (χ3n) is 8.93. The molecule has 9 nitrogen and oxygen atoms in total. The number of carbonyl (C=O) groups excluding carboxylic acids is 1. The third kappa shape index (κ3) is 19.0. The molecule has 1 amide bonds. The van der Waals surface area contributed by atoms with Crippen molar-refractivity contribution < 1.29 is 39.8 Å². The Morgan fingerprint density at radius 2 is 1.14 bits per heavy atom. The van der Waals surface area contributed by atoms with Gasteiger partial charge in [0.05, 0.1) is 25.4 Å². The molecule has 0 spiro atoms. The molecule has 0 bridgehead atoms. The van der Waals surface area contributed by atoms with E-state index in [1.54, 1.807) is 0 Å². The first kappa shape index (κ1) is 41.2. The van der Waals surface area contributed by atoms with E-state index in [0.717, 1.165) is 19.3 Å². The Kier molecular flexibility index (Phi) is 25.6. The highest BCUT2D eigenvalue weighted by Crippen LogP contribution is 2.23. The normalized spacial score (nSPS) is 23.5. The second kappa shape index (κ2) is 27.3. The van der Waals surface area contributed by atoms with Crippen molar-refractivity contribution in [1.29, 1.82) is 0 Å². The Morgan fingerprint density at radius 1 is 0.682 bits per heavy atom. The lowest BCUT2D eigenvalue weighted by Gasteiger charge is -2.40. The molecule has 1 fully saturated rings. The molecule has 0 aromatic heterocycles. The van der Waals surface area contributed by atoms with E-state index in [0.29, 0.717) is 19.3 Å². The van der Waals surface area contributed by atoms with Crippen molar-refractivity contribution in [3.8, 4) is 0 Å². The summed E-state index contributed by atoms with van der Waals surface area (Å²) < 4.78 is 11.0. The number of hydrogen-bond donors (Lipinski definition) is 6. The molecule has 1 saturated heterocycles. The average molecular weight is 632 g/mol. The van der Waals surface area contributed by atoms with Gasteiger partial charge in [0.2, 0.25) is 5.91 Å². The first-order chi connectivity index (χ1) is 21.3. The second-order valence-corrected chi connectivity index (χ2v) is 13.0. The number of carbonyl (C=O) groups is 1. The number of nitrogens with one attached hydrogen (secondary N) is 1. The molecule has 1 heterocycles. The minimum atomic E-state index is -1.54. The maximum absolute atomic E-state index is 12.3. The Morgan fingerprint density at radius 3 is 1.57 bits per heavy atom. The lowest BCUT2D eigenvalue weighted by molar-refractivity contribution is -0.302. The summed E-state index contributed by atoms with van der Waals surface area (Å²) in [7, 11) is 0. The van der Waals surface area contributed by atoms with E-state index in [-0.39, 0.29) is 12.5 Å². The van der Waals surface area contributed by atoms with Crippen molar-refractivity contribution in [1.82, 2.24) is 5.32 Å². The standard InChI is InChI=1S/C35H69NO8/c1-3-5-6-7-8-9-10-11-12-13-14-15-16-17-18-19-20-21-22-23-25-29(38)28(36-31(39)24-4-2)27-43-35-34(42)33(41)32(40)30(26-37)44-35/h28-30,32-35,37-38,40-42H,3-27H2,1-2H3,(H,36,39). The number of amides is 1. The highest BCUT2D eigenvalue weighted by Gasteiger charge is 2.44. The van der Waals surface area contributed by atoms with Crippen LogP contribution in [0.15, 0.2) is 0 Å². The lowest BCUT2D eigenvalue weighted by Crippen LogP contribution is -2.60. The summed E-state index contributed by atoms with van der Waals surface area (Å²) >= 11 is 0. The van der Waals surface area contributed by atoms with Crippen molar-refractivity contribution in [2.24, 2.45) is 0 Å². The number of aliphatic hydroxyl groups is 5. The topological polar surface area (TPSA) is 149 Å². The number of hydrogen-bond acceptors (Lipinski definition) is 8. The molecule has 1 rings (SSSR count). The molecular formula is C35H69NO8. The van der Waals surface area contributed by atoms with Crippen LogP contribution in [-0.4, -0.2) is 87.5 Å². The first-order valence-corrected chi connectivity index (χ1v) is 18.2. The first-order valence-electron chi connectivity index (χ1n) is 18.2. The van der Waals surface area contributed by atoms with Crippen LogP contribution in [0, 0.1) is 0 Å². The molecule has 9 heteroatoms. The van der Waals surface area contributed by atoms with Crippen LogP contribution in [0.5, 0.6) is 0 Å². The van der Waals surface area contributed by atoms with Gasteiger partial charge in [0.15, 0.2) is 6.29 Å².